The number of hydrogen-bond donors (Lipinski definition) is 0. The molecule has 132 valence electrons. The summed E-state index contributed by atoms with van der Waals surface area (Å²) in [5, 5.41) is 0.480. The number of carbonyl (C=O) groups excluding carboxylic acids is 1. The van der Waals surface area contributed by atoms with Crippen molar-refractivity contribution in [2.45, 2.75) is 13.0 Å². The van der Waals surface area contributed by atoms with Gasteiger partial charge in [-0.1, -0.05) is 66.2 Å². The maximum atomic E-state index is 12.6. The molecule has 0 bridgehead atoms. The summed E-state index contributed by atoms with van der Waals surface area (Å²) in [4.78, 5) is 14.2. The number of halogens is 1. The zero-order valence-corrected chi connectivity index (χ0v) is 15.5. The Hall–Kier alpha value is -2.78. The third kappa shape index (κ3) is 4.06. The van der Waals surface area contributed by atoms with Crippen LogP contribution in [0.2, 0.25) is 5.02 Å². The molecule has 0 aliphatic carbocycles. The highest BCUT2D eigenvalue weighted by Crippen LogP contribution is 2.31. The second kappa shape index (κ2) is 8.07. The molecular formula is C22H20ClNO2. The summed E-state index contributed by atoms with van der Waals surface area (Å²) in [6.45, 7) is 1.73. The Balaban J connectivity index is 1.73. The van der Waals surface area contributed by atoms with E-state index in [0.717, 1.165) is 16.8 Å². The number of nitrogens with zero attached hydrogens (tertiary/aromatic N) is 1. The van der Waals surface area contributed by atoms with Crippen LogP contribution in [-0.4, -0.2) is 19.1 Å². The van der Waals surface area contributed by atoms with E-state index in [4.69, 9.17) is 16.3 Å². The molecule has 0 aromatic heterocycles. The SMILES string of the molecule is C[C@@H](Oc1ccc(-c2ccccc2)cc1Cl)C(=O)N(C)c1ccccc1. The van der Waals surface area contributed by atoms with Crippen LogP contribution in [-0.2, 0) is 4.79 Å². The van der Waals surface area contributed by atoms with Crippen molar-refractivity contribution < 1.29 is 9.53 Å². The standard InChI is InChI=1S/C22H20ClNO2/c1-16(22(25)24(2)19-11-7-4-8-12-19)26-21-14-13-18(15-20(21)23)17-9-5-3-6-10-17/h3-16H,1-2H3/t16-/m1/s1. The summed E-state index contributed by atoms with van der Waals surface area (Å²) in [6.07, 6.45) is -0.653. The Morgan fingerprint density at radius 3 is 2.15 bits per heavy atom. The fraction of sp³-hybridized carbons (Fsp3) is 0.136. The van der Waals surface area contributed by atoms with Gasteiger partial charge in [0, 0.05) is 12.7 Å². The van der Waals surface area contributed by atoms with Gasteiger partial charge in [-0.3, -0.25) is 4.79 Å². The average Bonchev–Trinajstić information content (AvgIpc) is 2.69. The summed E-state index contributed by atoms with van der Waals surface area (Å²) >= 11 is 6.37. The number of para-hydroxylation sites is 1. The van der Waals surface area contributed by atoms with Crippen LogP contribution < -0.4 is 9.64 Å². The molecule has 4 heteroatoms. The van der Waals surface area contributed by atoms with Crippen LogP contribution in [0.1, 0.15) is 6.92 Å². The van der Waals surface area contributed by atoms with E-state index in [9.17, 15) is 4.79 Å². The maximum Gasteiger partial charge on any atom is 0.267 e. The van der Waals surface area contributed by atoms with Crippen molar-refractivity contribution in [3.63, 3.8) is 0 Å². The average molecular weight is 366 g/mol. The molecule has 3 rings (SSSR count). The molecule has 1 amide bonds. The largest absolute Gasteiger partial charge is 0.479 e. The summed E-state index contributed by atoms with van der Waals surface area (Å²) in [7, 11) is 1.73. The van der Waals surface area contributed by atoms with Gasteiger partial charge in [0.2, 0.25) is 0 Å². The van der Waals surface area contributed by atoms with Crippen molar-refractivity contribution in [3.8, 4) is 16.9 Å². The van der Waals surface area contributed by atoms with Gasteiger partial charge in [-0.05, 0) is 42.3 Å². The number of rotatable bonds is 5. The molecule has 0 radical (unpaired) electrons. The minimum atomic E-state index is -0.653. The van der Waals surface area contributed by atoms with Gasteiger partial charge in [-0.2, -0.15) is 0 Å². The Morgan fingerprint density at radius 2 is 1.54 bits per heavy atom. The Bertz CT molecular complexity index is 881. The highest BCUT2D eigenvalue weighted by atomic mass is 35.5. The van der Waals surface area contributed by atoms with Crippen LogP contribution in [0.15, 0.2) is 78.9 Å². The van der Waals surface area contributed by atoms with E-state index in [0.29, 0.717) is 10.8 Å². The predicted octanol–water partition coefficient (Wildman–Crippen LogP) is 5.44. The number of carbonyl (C=O) groups is 1. The summed E-state index contributed by atoms with van der Waals surface area (Å²) in [5.74, 6) is 0.355. The van der Waals surface area contributed by atoms with Crippen LogP contribution in [0.4, 0.5) is 5.69 Å². The molecule has 0 aliphatic rings. The first-order valence-corrected chi connectivity index (χ1v) is 8.78. The number of amides is 1. The van der Waals surface area contributed by atoms with Crippen molar-refractivity contribution in [2.24, 2.45) is 0 Å². The van der Waals surface area contributed by atoms with Crippen molar-refractivity contribution in [1.82, 2.24) is 0 Å². The predicted molar refractivity (Wildman–Crippen MR) is 107 cm³/mol. The lowest BCUT2D eigenvalue weighted by molar-refractivity contribution is -0.124. The van der Waals surface area contributed by atoms with Gasteiger partial charge in [-0.15, -0.1) is 0 Å². The third-order valence-corrected chi connectivity index (χ3v) is 4.46. The molecule has 0 saturated carbocycles. The first-order valence-electron chi connectivity index (χ1n) is 8.40. The number of likely N-dealkylation sites (N-methyl/N-ethyl adjacent to an activating group) is 1. The van der Waals surface area contributed by atoms with E-state index >= 15 is 0 Å². The molecule has 3 aromatic carbocycles. The molecule has 26 heavy (non-hydrogen) atoms. The number of benzene rings is 3. The number of anilines is 1. The Labute approximate surface area is 158 Å². The Morgan fingerprint density at radius 1 is 0.923 bits per heavy atom. The van der Waals surface area contributed by atoms with E-state index in [1.54, 1.807) is 24.9 Å². The van der Waals surface area contributed by atoms with Crippen LogP contribution in [0.5, 0.6) is 5.75 Å². The van der Waals surface area contributed by atoms with Gasteiger partial charge < -0.3 is 9.64 Å². The number of hydrogen-bond acceptors (Lipinski definition) is 2. The van der Waals surface area contributed by atoms with Crippen LogP contribution in [0, 0.1) is 0 Å². The quantitative estimate of drug-likeness (QED) is 0.602. The van der Waals surface area contributed by atoms with Gasteiger partial charge in [0.1, 0.15) is 5.75 Å². The lowest BCUT2D eigenvalue weighted by Gasteiger charge is -2.22. The summed E-state index contributed by atoms with van der Waals surface area (Å²) in [6, 6.07) is 25.0. The van der Waals surface area contributed by atoms with E-state index < -0.39 is 6.10 Å². The third-order valence-electron chi connectivity index (χ3n) is 4.16. The first-order chi connectivity index (χ1) is 12.6. The Kier molecular flexibility index (Phi) is 5.59. The molecule has 0 saturated heterocycles. The van der Waals surface area contributed by atoms with E-state index in [2.05, 4.69) is 0 Å². The monoisotopic (exact) mass is 365 g/mol. The second-order valence-electron chi connectivity index (χ2n) is 6.00. The van der Waals surface area contributed by atoms with Crippen LogP contribution in [0.3, 0.4) is 0 Å². The van der Waals surface area contributed by atoms with Gasteiger partial charge in [-0.25, -0.2) is 0 Å². The second-order valence-corrected chi connectivity index (χ2v) is 6.41. The van der Waals surface area contributed by atoms with Crippen molar-refractivity contribution in [2.75, 3.05) is 11.9 Å². The lowest BCUT2D eigenvalue weighted by Crippen LogP contribution is -2.38. The summed E-state index contributed by atoms with van der Waals surface area (Å²) < 4.78 is 5.82. The van der Waals surface area contributed by atoms with E-state index in [1.165, 1.54) is 0 Å². The minimum Gasteiger partial charge on any atom is -0.479 e. The van der Waals surface area contributed by atoms with Crippen molar-refractivity contribution in [3.05, 3.63) is 83.9 Å². The topological polar surface area (TPSA) is 29.5 Å². The normalized spacial score (nSPS) is 11.7. The maximum absolute atomic E-state index is 12.6. The number of ether oxygens (including phenoxy) is 1. The first kappa shape index (κ1) is 18.0. The molecule has 3 nitrogen and oxygen atoms in total. The highest BCUT2D eigenvalue weighted by Gasteiger charge is 2.21. The lowest BCUT2D eigenvalue weighted by atomic mass is 10.1. The smallest absolute Gasteiger partial charge is 0.267 e. The van der Waals surface area contributed by atoms with E-state index in [-0.39, 0.29) is 5.91 Å². The molecule has 0 spiro atoms. The highest BCUT2D eigenvalue weighted by molar-refractivity contribution is 6.32. The molecular weight excluding hydrogens is 346 g/mol. The van der Waals surface area contributed by atoms with E-state index in [1.807, 2.05) is 72.8 Å². The van der Waals surface area contributed by atoms with Gasteiger partial charge in [0.25, 0.3) is 5.91 Å². The van der Waals surface area contributed by atoms with Crippen molar-refractivity contribution in [1.29, 1.82) is 0 Å². The molecule has 0 fully saturated rings. The van der Waals surface area contributed by atoms with Crippen LogP contribution in [0.25, 0.3) is 11.1 Å². The fourth-order valence-electron chi connectivity index (χ4n) is 2.70. The minimum absolute atomic E-state index is 0.139. The van der Waals surface area contributed by atoms with Gasteiger partial charge in [0.15, 0.2) is 6.10 Å². The zero-order chi connectivity index (χ0) is 18.5. The molecule has 0 aliphatic heterocycles. The zero-order valence-electron chi connectivity index (χ0n) is 14.7. The van der Waals surface area contributed by atoms with Crippen molar-refractivity contribution >= 4 is 23.2 Å². The molecule has 0 heterocycles. The molecule has 3 aromatic rings. The molecule has 0 N–H and O–H groups in total. The molecule has 0 unspecified atom stereocenters. The summed E-state index contributed by atoms with van der Waals surface area (Å²) in [5.41, 5.74) is 2.90. The van der Waals surface area contributed by atoms with Gasteiger partial charge >= 0.3 is 0 Å². The molecule has 1 atom stereocenters. The van der Waals surface area contributed by atoms with Gasteiger partial charge in [0.05, 0.1) is 5.02 Å². The van der Waals surface area contributed by atoms with Crippen LogP contribution >= 0.6 is 11.6 Å². The fourth-order valence-corrected chi connectivity index (χ4v) is 2.92.